The summed E-state index contributed by atoms with van der Waals surface area (Å²) in [4.78, 5) is 13.2. The van der Waals surface area contributed by atoms with E-state index in [-0.39, 0.29) is 18.3 Å². The molecule has 0 spiro atoms. The van der Waals surface area contributed by atoms with E-state index in [0.29, 0.717) is 30.8 Å². The fraction of sp³-hybridized carbons (Fsp3) is 0.462. The van der Waals surface area contributed by atoms with Gasteiger partial charge in [0, 0.05) is 18.7 Å². The molecule has 2 rings (SSSR count). The Hall–Kier alpha value is -1.62. The molecule has 5 heteroatoms. The average molecular weight is 252 g/mol. The molecule has 1 saturated heterocycles. The Bertz CT molecular complexity index is 478. The van der Waals surface area contributed by atoms with E-state index in [1.54, 1.807) is 24.0 Å². The van der Waals surface area contributed by atoms with Gasteiger partial charge in [0.15, 0.2) is 0 Å². The second-order valence-electron chi connectivity index (χ2n) is 5.00. The van der Waals surface area contributed by atoms with Crippen LogP contribution in [-0.2, 0) is 11.4 Å². The fourth-order valence-electron chi connectivity index (χ4n) is 2.39. The van der Waals surface area contributed by atoms with Crippen LogP contribution in [0.25, 0.3) is 0 Å². The number of hydrogen-bond donors (Lipinski definition) is 2. The van der Waals surface area contributed by atoms with Crippen LogP contribution in [0.15, 0.2) is 18.2 Å². The van der Waals surface area contributed by atoms with Gasteiger partial charge in [-0.05, 0) is 19.4 Å². The second kappa shape index (κ2) is 4.57. The summed E-state index contributed by atoms with van der Waals surface area (Å²) < 4.78 is 13.9. The van der Waals surface area contributed by atoms with E-state index in [4.69, 9.17) is 5.73 Å². The van der Waals surface area contributed by atoms with Gasteiger partial charge in [-0.25, -0.2) is 4.39 Å². The van der Waals surface area contributed by atoms with Crippen molar-refractivity contribution >= 4 is 11.6 Å². The number of rotatable bonds is 3. The number of aliphatic hydroxyl groups is 1. The second-order valence-corrected chi connectivity index (χ2v) is 5.00. The molecule has 0 bridgehead atoms. The Morgan fingerprint density at radius 1 is 1.61 bits per heavy atom. The van der Waals surface area contributed by atoms with Crippen molar-refractivity contribution in [2.75, 3.05) is 18.0 Å². The maximum absolute atomic E-state index is 13.9. The lowest BCUT2D eigenvalue weighted by Gasteiger charge is -2.24. The van der Waals surface area contributed by atoms with Gasteiger partial charge in [-0.2, -0.15) is 0 Å². The van der Waals surface area contributed by atoms with Crippen LogP contribution in [0.3, 0.4) is 0 Å². The van der Waals surface area contributed by atoms with Crippen LogP contribution in [0.5, 0.6) is 0 Å². The highest BCUT2D eigenvalue weighted by molar-refractivity contribution is 5.82. The summed E-state index contributed by atoms with van der Waals surface area (Å²) in [6, 6.07) is 4.60. The maximum Gasteiger partial charge on any atom is 0.225 e. The lowest BCUT2D eigenvalue weighted by molar-refractivity contribution is -0.125. The molecule has 1 aliphatic heterocycles. The zero-order chi connectivity index (χ0) is 13.3. The van der Waals surface area contributed by atoms with Crippen LogP contribution in [0.4, 0.5) is 10.1 Å². The van der Waals surface area contributed by atoms with Crippen LogP contribution >= 0.6 is 0 Å². The summed E-state index contributed by atoms with van der Waals surface area (Å²) in [6.45, 7) is 2.51. The van der Waals surface area contributed by atoms with E-state index < -0.39 is 5.41 Å². The topological polar surface area (TPSA) is 66.6 Å². The Morgan fingerprint density at radius 3 is 2.89 bits per heavy atom. The molecule has 0 saturated carbocycles. The average Bonchev–Trinajstić information content (AvgIpc) is 2.72. The van der Waals surface area contributed by atoms with E-state index >= 15 is 0 Å². The molecule has 3 N–H and O–H groups in total. The van der Waals surface area contributed by atoms with Gasteiger partial charge in [0.05, 0.1) is 17.7 Å². The van der Waals surface area contributed by atoms with Gasteiger partial charge < -0.3 is 15.7 Å². The number of benzene rings is 1. The summed E-state index contributed by atoms with van der Waals surface area (Å²) in [5, 5.41) is 9.26. The van der Waals surface area contributed by atoms with Gasteiger partial charge in [-0.15, -0.1) is 0 Å². The molecule has 18 heavy (non-hydrogen) atoms. The summed E-state index contributed by atoms with van der Waals surface area (Å²) in [7, 11) is 0. The van der Waals surface area contributed by atoms with Crippen molar-refractivity contribution in [1.29, 1.82) is 0 Å². The number of carbonyl (C=O) groups is 1. The first kappa shape index (κ1) is 12.8. The first-order chi connectivity index (χ1) is 8.48. The van der Waals surface area contributed by atoms with E-state index in [1.165, 1.54) is 6.07 Å². The Labute approximate surface area is 105 Å². The van der Waals surface area contributed by atoms with Crippen molar-refractivity contribution in [3.05, 3.63) is 29.6 Å². The summed E-state index contributed by atoms with van der Waals surface area (Å²) >= 11 is 0. The van der Waals surface area contributed by atoms with Crippen molar-refractivity contribution in [2.45, 2.75) is 20.0 Å². The molecule has 1 unspecified atom stereocenters. The molecule has 1 fully saturated rings. The first-order valence-corrected chi connectivity index (χ1v) is 5.91. The minimum atomic E-state index is -0.630. The molecular weight excluding hydrogens is 235 g/mol. The van der Waals surface area contributed by atoms with E-state index in [1.807, 2.05) is 0 Å². The lowest BCUT2D eigenvalue weighted by atomic mass is 9.89. The first-order valence-electron chi connectivity index (χ1n) is 5.91. The van der Waals surface area contributed by atoms with Crippen LogP contribution in [0.2, 0.25) is 0 Å². The lowest BCUT2D eigenvalue weighted by Crippen LogP contribution is -2.37. The normalized spacial score (nSPS) is 23.4. The number of amides is 1. The predicted octanol–water partition coefficient (Wildman–Crippen LogP) is 1.02. The zero-order valence-electron chi connectivity index (χ0n) is 10.3. The molecule has 1 amide bonds. The van der Waals surface area contributed by atoms with Crippen LogP contribution < -0.4 is 10.6 Å². The minimum absolute atomic E-state index is 0.225. The zero-order valence-corrected chi connectivity index (χ0v) is 10.3. The van der Waals surface area contributed by atoms with Gasteiger partial charge in [0.2, 0.25) is 5.91 Å². The standard InChI is InChI=1S/C13H17FN2O2/c1-13(12(15)18)5-6-16(8-13)11-9(7-17)3-2-4-10(11)14/h2-4,17H,5-8H2,1H3,(H2,15,18). The summed E-state index contributed by atoms with van der Waals surface area (Å²) in [5.41, 5.74) is 5.65. The van der Waals surface area contributed by atoms with E-state index in [9.17, 15) is 14.3 Å². The molecule has 4 nitrogen and oxygen atoms in total. The summed E-state index contributed by atoms with van der Waals surface area (Å²) in [5.74, 6) is -0.748. The van der Waals surface area contributed by atoms with Crippen molar-refractivity contribution in [2.24, 2.45) is 11.1 Å². The summed E-state index contributed by atoms with van der Waals surface area (Å²) in [6.07, 6.45) is 0.599. The van der Waals surface area contributed by atoms with Gasteiger partial charge in [-0.3, -0.25) is 4.79 Å². The molecule has 1 aromatic rings. The molecule has 0 aromatic heterocycles. The van der Waals surface area contributed by atoms with Gasteiger partial charge in [-0.1, -0.05) is 12.1 Å². The predicted molar refractivity (Wildman–Crippen MR) is 66.5 cm³/mol. The maximum atomic E-state index is 13.9. The van der Waals surface area contributed by atoms with Crippen LogP contribution in [0.1, 0.15) is 18.9 Å². The number of hydrogen-bond acceptors (Lipinski definition) is 3. The van der Waals surface area contributed by atoms with Crippen LogP contribution in [0, 0.1) is 11.2 Å². The largest absolute Gasteiger partial charge is 0.392 e. The highest BCUT2D eigenvalue weighted by atomic mass is 19.1. The number of carbonyl (C=O) groups excluding carboxylic acids is 1. The van der Waals surface area contributed by atoms with Gasteiger partial charge in [0.1, 0.15) is 5.82 Å². The van der Waals surface area contributed by atoms with Crippen molar-refractivity contribution in [3.63, 3.8) is 0 Å². The third-order valence-electron chi connectivity index (χ3n) is 3.63. The van der Waals surface area contributed by atoms with Crippen molar-refractivity contribution in [3.8, 4) is 0 Å². The minimum Gasteiger partial charge on any atom is -0.392 e. The van der Waals surface area contributed by atoms with E-state index in [0.717, 1.165) is 0 Å². The third-order valence-corrected chi connectivity index (χ3v) is 3.63. The van der Waals surface area contributed by atoms with E-state index in [2.05, 4.69) is 0 Å². The highest BCUT2D eigenvalue weighted by Crippen LogP contribution is 2.35. The van der Waals surface area contributed by atoms with Crippen molar-refractivity contribution < 1.29 is 14.3 Å². The molecule has 1 aromatic carbocycles. The SMILES string of the molecule is CC1(C(N)=O)CCN(c2c(F)cccc2CO)C1. The number of nitrogens with two attached hydrogens (primary N) is 1. The van der Waals surface area contributed by atoms with Crippen LogP contribution in [-0.4, -0.2) is 24.1 Å². The molecule has 0 aliphatic carbocycles. The quantitative estimate of drug-likeness (QED) is 0.844. The smallest absolute Gasteiger partial charge is 0.225 e. The van der Waals surface area contributed by atoms with Gasteiger partial charge in [0.25, 0.3) is 0 Å². The third kappa shape index (κ3) is 2.06. The van der Waals surface area contributed by atoms with Gasteiger partial charge >= 0.3 is 0 Å². The molecule has 1 heterocycles. The number of para-hydroxylation sites is 1. The highest BCUT2D eigenvalue weighted by Gasteiger charge is 2.40. The fourth-order valence-corrected chi connectivity index (χ4v) is 2.39. The monoisotopic (exact) mass is 252 g/mol. The molecular formula is C13H17FN2O2. The number of aliphatic hydroxyl groups excluding tert-OH is 1. The Morgan fingerprint density at radius 2 is 2.33 bits per heavy atom. The number of anilines is 1. The molecule has 1 aliphatic rings. The van der Waals surface area contributed by atoms with Crippen molar-refractivity contribution in [1.82, 2.24) is 0 Å². The molecule has 1 atom stereocenters. The Kier molecular flexibility index (Phi) is 3.26. The number of primary amides is 1. The Balaban J connectivity index is 2.32. The molecule has 0 radical (unpaired) electrons. The molecule has 98 valence electrons. The number of halogens is 1. The number of nitrogens with zero attached hydrogens (tertiary/aromatic N) is 1.